The molecule has 1 fully saturated rings. The van der Waals surface area contributed by atoms with Gasteiger partial charge in [-0.15, -0.1) is 0 Å². The first-order valence-electron chi connectivity index (χ1n) is 7.35. The molecule has 0 spiro atoms. The van der Waals surface area contributed by atoms with Crippen molar-refractivity contribution in [1.29, 1.82) is 0 Å². The van der Waals surface area contributed by atoms with Gasteiger partial charge >= 0.3 is 5.97 Å². The highest BCUT2D eigenvalue weighted by atomic mass is 16.4. The molecule has 1 aromatic rings. The lowest BCUT2D eigenvalue weighted by Crippen LogP contribution is -2.40. The van der Waals surface area contributed by atoms with E-state index in [0.717, 1.165) is 24.1 Å². The van der Waals surface area contributed by atoms with E-state index >= 15 is 0 Å². The van der Waals surface area contributed by atoms with Gasteiger partial charge in [-0.3, -0.25) is 14.5 Å². The lowest BCUT2D eigenvalue weighted by molar-refractivity contribution is -0.138. The van der Waals surface area contributed by atoms with Crippen LogP contribution in [-0.2, 0) is 17.8 Å². The minimum Gasteiger partial charge on any atom is -0.480 e. The van der Waals surface area contributed by atoms with Gasteiger partial charge < -0.3 is 10.4 Å². The van der Waals surface area contributed by atoms with E-state index in [1.54, 1.807) is 6.07 Å². The van der Waals surface area contributed by atoms with Crippen molar-refractivity contribution >= 4 is 11.9 Å². The van der Waals surface area contributed by atoms with E-state index in [4.69, 9.17) is 5.11 Å². The number of hydrogen-bond acceptors (Lipinski definition) is 4. The quantitative estimate of drug-likeness (QED) is 0.857. The summed E-state index contributed by atoms with van der Waals surface area (Å²) in [4.78, 5) is 29.2. The number of hydrogen-bond donors (Lipinski definition) is 2. The van der Waals surface area contributed by atoms with Crippen LogP contribution in [0.1, 0.15) is 41.0 Å². The fraction of sp³-hybridized carbons (Fsp3) is 0.533. The lowest BCUT2D eigenvalue weighted by Gasteiger charge is -2.28. The maximum absolute atomic E-state index is 12.1. The van der Waals surface area contributed by atoms with Crippen LogP contribution < -0.4 is 5.32 Å². The number of amides is 1. The van der Waals surface area contributed by atoms with Crippen molar-refractivity contribution in [2.24, 2.45) is 0 Å². The Morgan fingerprint density at radius 3 is 2.86 bits per heavy atom. The Bertz CT molecular complexity index is 569. The first-order chi connectivity index (χ1) is 10.1. The Morgan fingerprint density at radius 1 is 1.38 bits per heavy atom. The van der Waals surface area contributed by atoms with Crippen molar-refractivity contribution in [2.75, 3.05) is 13.1 Å². The number of carbonyl (C=O) groups is 2. The minimum absolute atomic E-state index is 0.0450. The molecule has 6 heteroatoms. The Labute approximate surface area is 123 Å². The number of carboxylic acid groups (broad SMARTS) is 1. The monoisotopic (exact) mass is 289 g/mol. The topological polar surface area (TPSA) is 82.5 Å². The first kappa shape index (κ1) is 14.0. The summed E-state index contributed by atoms with van der Waals surface area (Å²) in [6.07, 6.45) is 3.98. The molecule has 0 bridgehead atoms. The molecule has 1 aliphatic heterocycles. The van der Waals surface area contributed by atoms with Gasteiger partial charge in [0.1, 0.15) is 5.69 Å². The van der Waals surface area contributed by atoms with Gasteiger partial charge in [0.05, 0.1) is 6.54 Å². The zero-order valence-electron chi connectivity index (χ0n) is 11.8. The van der Waals surface area contributed by atoms with Crippen molar-refractivity contribution in [1.82, 2.24) is 15.2 Å². The van der Waals surface area contributed by atoms with E-state index in [-0.39, 0.29) is 12.5 Å². The molecular formula is C15H19N3O3. The first-order valence-corrected chi connectivity index (χ1v) is 7.35. The predicted octanol–water partition coefficient (Wildman–Crippen LogP) is 0.807. The van der Waals surface area contributed by atoms with Crippen molar-refractivity contribution in [3.05, 3.63) is 29.1 Å². The van der Waals surface area contributed by atoms with Gasteiger partial charge in [0, 0.05) is 31.2 Å². The van der Waals surface area contributed by atoms with Gasteiger partial charge in [-0.05, 0) is 30.9 Å². The highest BCUT2D eigenvalue weighted by molar-refractivity contribution is 5.92. The number of aromatic nitrogens is 1. The smallest absolute Gasteiger partial charge is 0.317 e. The molecule has 0 radical (unpaired) electrons. The van der Waals surface area contributed by atoms with Gasteiger partial charge in [0.2, 0.25) is 0 Å². The summed E-state index contributed by atoms with van der Waals surface area (Å²) < 4.78 is 0. The van der Waals surface area contributed by atoms with Crippen molar-refractivity contribution in [3.8, 4) is 0 Å². The Hall–Kier alpha value is -1.95. The van der Waals surface area contributed by atoms with E-state index in [9.17, 15) is 9.59 Å². The third-order valence-electron chi connectivity index (χ3n) is 4.16. The molecule has 2 N–H and O–H groups in total. The molecule has 2 aliphatic rings. The van der Waals surface area contributed by atoms with E-state index < -0.39 is 5.97 Å². The van der Waals surface area contributed by atoms with Crippen LogP contribution in [0.5, 0.6) is 0 Å². The van der Waals surface area contributed by atoms with Crippen LogP contribution in [-0.4, -0.2) is 46.0 Å². The SMILES string of the molecule is O=C(O)CN1CCc2nc(C(=O)NC3CCC3)ccc2C1. The molecule has 1 aromatic heterocycles. The Kier molecular flexibility index (Phi) is 3.88. The van der Waals surface area contributed by atoms with Gasteiger partial charge in [0.25, 0.3) is 5.91 Å². The number of rotatable bonds is 4. The van der Waals surface area contributed by atoms with Crippen LogP contribution in [0, 0.1) is 0 Å². The van der Waals surface area contributed by atoms with E-state index in [2.05, 4.69) is 10.3 Å². The van der Waals surface area contributed by atoms with E-state index in [1.165, 1.54) is 6.42 Å². The number of carboxylic acids is 1. The molecule has 1 amide bonds. The average Bonchev–Trinajstić information content (AvgIpc) is 2.41. The zero-order chi connectivity index (χ0) is 14.8. The number of nitrogens with zero attached hydrogens (tertiary/aromatic N) is 2. The zero-order valence-corrected chi connectivity index (χ0v) is 11.8. The molecule has 3 rings (SSSR count). The summed E-state index contributed by atoms with van der Waals surface area (Å²) in [5.74, 6) is -0.918. The number of carbonyl (C=O) groups excluding carboxylic acids is 1. The van der Waals surface area contributed by atoms with Crippen LogP contribution in [0.15, 0.2) is 12.1 Å². The Balaban J connectivity index is 1.67. The summed E-state index contributed by atoms with van der Waals surface area (Å²) in [5.41, 5.74) is 2.40. The normalized spacial score (nSPS) is 18.7. The lowest BCUT2D eigenvalue weighted by atomic mass is 9.93. The molecule has 0 unspecified atom stereocenters. The van der Waals surface area contributed by atoms with E-state index in [0.29, 0.717) is 31.2 Å². The standard InChI is InChI=1S/C15H19N3O3/c19-14(20)9-18-7-6-12-10(8-18)4-5-13(17-12)15(21)16-11-2-1-3-11/h4-5,11H,1-3,6-9H2,(H,16,21)(H,19,20). The summed E-state index contributed by atoms with van der Waals surface area (Å²) in [7, 11) is 0. The molecular weight excluding hydrogens is 270 g/mol. The molecule has 0 aromatic carbocycles. The highest BCUT2D eigenvalue weighted by Crippen LogP contribution is 2.20. The minimum atomic E-state index is -0.817. The summed E-state index contributed by atoms with van der Waals surface area (Å²) in [5, 5.41) is 11.8. The molecule has 1 saturated carbocycles. The van der Waals surface area contributed by atoms with Gasteiger partial charge in [-0.1, -0.05) is 6.07 Å². The second-order valence-corrected chi connectivity index (χ2v) is 5.76. The Morgan fingerprint density at radius 2 is 2.19 bits per heavy atom. The second-order valence-electron chi connectivity index (χ2n) is 5.76. The fourth-order valence-corrected chi connectivity index (χ4v) is 2.74. The van der Waals surface area contributed by atoms with Crippen LogP contribution in [0.2, 0.25) is 0 Å². The van der Waals surface area contributed by atoms with Crippen LogP contribution in [0.25, 0.3) is 0 Å². The molecule has 112 valence electrons. The second kappa shape index (κ2) is 5.81. The number of fused-ring (bicyclic) bond motifs is 1. The largest absolute Gasteiger partial charge is 0.480 e. The maximum Gasteiger partial charge on any atom is 0.317 e. The predicted molar refractivity (Wildman–Crippen MR) is 76.0 cm³/mol. The van der Waals surface area contributed by atoms with Crippen LogP contribution in [0.3, 0.4) is 0 Å². The average molecular weight is 289 g/mol. The molecule has 21 heavy (non-hydrogen) atoms. The summed E-state index contributed by atoms with van der Waals surface area (Å²) in [6.45, 7) is 1.29. The van der Waals surface area contributed by atoms with Crippen molar-refractivity contribution in [3.63, 3.8) is 0 Å². The summed E-state index contributed by atoms with van der Waals surface area (Å²) >= 11 is 0. The third kappa shape index (κ3) is 3.21. The number of aliphatic carboxylic acids is 1. The summed E-state index contributed by atoms with van der Waals surface area (Å²) in [6, 6.07) is 3.93. The van der Waals surface area contributed by atoms with Crippen LogP contribution >= 0.6 is 0 Å². The fourth-order valence-electron chi connectivity index (χ4n) is 2.74. The third-order valence-corrected chi connectivity index (χ3v) is 4.16. The van der Waals surface area contributed by atoms with Crippen LogP contribution in [0.4, 0.5) is 0 Å². The van der Waals surface area contributed by atoms with Gasteiger partial charge in [0.15, 0.2) is 0 Å². The number of nitrogens with one attached hydrogen (secondary N) is 1. The molecule has 2 heterocycles. The highest BCUT2D eigenvalue weighted by Gasteiger charge is 2.23. The molecule has 1 aliphatic carbocycles. The molecule has 6 nitrogen and oxygen atoms in total. The van der Waals surface area contributed by atoms with Gasteiger partial charge in [-0.2, -0.15) is 0 Å². The maximum atomic E-state index is 12.1. The number of pyridine rings is 1. The van der Waals surface area contributed by atoms with Gasteiger partial charge in [-0.25, -0.2) is 4.98 Å². The van der Waals surface area contributed by atoms with E-state index in [1.807, 2.05) is 11.0 Å². The van der Waals surface area contributed by atoms with Crippen molar-refractivity contribution in [2.45, 2.75) is 38.3 Å². The van der Waals surface area contributed by atoms with Crippen molar-refractivity contribution < 1.29 is 14.7 Å². The molecule has 0 atom stereocenters. The molecule has 0 saturated heterocycles.